The molecule has 8 nitrogen and oxygen atoms in total. The van der Waals surface area contributed by atoms with Gasteiger partial charge in [0.2, 0.25) is 0 Å². The maximum atomic E-state index is 5.28. The molecular weight excluding hydrogens is 404 g/mol. The topological polar surface area (TPSA) is 68.5 Å². The molecule has 1 aliphatic heterocycles. The number of nitrogens with zero attached hydrogens (tertiary/aromatic N) is 6. The maximum Gasteiger partial charge on any atom is 0.168 e. The Morgan fingerprint density at radius 2 is 1.50 bits per heavy atom. The number of ether oxygens (including phenoxy) is 2. The van der Waals surface area contributed by atoms with Gasteiger partial charge in [0.25, 0.3) is 0 Å². The van der Waals surface area contributed by atoms with Crippen molar-refractivity contribution in [3.8, 4) is 11.5 Å². The van der Waals surface area contributed by atoms with E-state index in [2.05, 4.69) is 56.5 Å². The quantitative estimate of drug-likeness (QED) is 0.509. The van der Waals surface area contributed by atoms with Crippen molar-refractivity contribution in [2.24, 2.45) is 0 Å². The van der Waals surface area contributed by atoms with E-state index in [1.165, 1.54) is 5.69 Å². The van der Waals surface area contributed by atoms with Crippen LogP contribution in [0.25, 0.3) is 0 Å². The molecule has 4 rings (SSSR count). The van der Waals surface area contributed by atoms with Crippen LogP contribution in [0.3, 0.4) is 0 Å². The molecule has 8 heteroatoms. The van der Waals surface area contributed by atoms with Gasteiger partial charge in [-0.25, -0.2) is 4.68 Å². The van der Waals surface area contributed by atoms with E-state index < -0.39 is 0 Å². The van der Waals surface area contributed by atoms with Gasteiger partial charge < -0.3 is 14.4 Å². The van der Waals surface area contributed by atoms with Crippen LogP contribution in [-0.2, 0) is 6.54 Å². The Labute approximate surface area is 189 Å². The Morgan fingerprint density at radius 3 is 2.09 bits per heavy atom. The van der Waals surface area contributed by atoms with Crippen molar-refractivity contribution in [1.29, 1.82) is 0 Å². The summed E-state index contributed by atoms with van der Waals surface area (Å²) in [5.74, 6) is 2.68. The summed E-state index contributed by atoms with van der Waals surface area (Å²) in [5.41, 5.74) is 2.39. The number of tetrazole rings is 1. The fourth-order valence-corrected chi connectivity index (χ4v) is 4.30. The third kappa shape index (κ3) is 5.02. The highest BCUT2D eigenvalue weighted by Crippen LogP contribution is 2.27. The van der Waals surface area contributed by atoms with Crippen molar-refractivity contribution in [3.05, 3.63) is 59.9 Å². The number of anilines is 1. The fraction of sp³-hybridized carbons (Fsp3) is 0.458. The third-order valence-electron chi connectivity index (χ3n) is 6.10. The van der Waals surface area contributed by atoms with Crippen LogP contribution in [0.2, 0.25) is 0 Å². The molecule has 1 saturated heterocycles. The van der Waals surface area contributed by atoms with Crippen molar-refractivity contribution >= 4 is 5.69 Å². The van der Waals surface area contributed by atoms with Crippen LogP contribution < -0.4 is 14.4 Å². The summed E-state index contributed by atoms with van der Waals surface area (Å²) in [5, 5.41) is 12.8. The van der Waals surface area contributed by atoms with Gasteiger partial charge in [0.15, 0.2) is 5.82 Å². The molecule has 1 aliphatic rings. The summed E-state index contributed by atoms with van der Waals surface area (Å²) in [6.07, 6.45) is 2.12. The minimum atomic E-state index is 0.214. The van der Waals surface area contributed by atoms with Crippen LogP contribution in [0.5, 0.6) is 11.5 Å². The lowest BCUT2D eigenvalue weighted by Gasteiger charge is -2.39. The van der Waals surface area contributed by atoms with Gasteiger partial charge in [-0.3, -0.25) is 4.90 Å². The largest absolute Gasteiger partial charge is 0.497 e. The van der Waals surface area contributed by atoms with Gasteiger partial charge >= 0.3 is 0 Å². The summed E-state index contributed by atoms with van der Waals surface area (Å²) in [6.45, 7) is 6.79. The molecule has 0 radical (unpaired) electrons. The second kappa shape index (κ2) is 10.5. The highest BCUT2D eigenvalue weighted by atomic mass is 16.5. The monoisotopic (exact) mass is 436 g/mol. The Kier molecular flexibility index (Phi) is 7.21. The zero-order valence-corrected chi connectivity index (χ0v) is 19.1. The van der Waals surface area contributed by atoms with Gasteiger partial charge in [0.05, 0.1) is 26.8 Å². The molecule has 170 valence electrons. The number of aromatic nitrogens is 4. The van der Waals surface area contributed by atoms with Crippen molar-refractivity contribution in [2.45, 2.75) is 32.4 Å². The van der Waals surface area contributed by atoms with E-state index in [4.69, 9.17) is 9.47 Å². The number of methoxy groups -OCH3 is 2. The highest BCUT2D eigenvalue weighted by Gasteiger charge is 2.28. The van der Waals surface area contributed by atoms with E-state index in [-0.39, 0.29) is 6.04 Å². The normalized spacial score (nSPS) is 15.5. The summed E-state index contributed by atoms with van der Waals surface area (Å²) in [7, 11) is 3.38. The van der Waals surface area contributed by atoms with E-state index in [1.54, 1.807) is 14.2 Å². The average Bonchev–Trinajstić information content (AvgIpc) is 3.31. The van der Waals surface area contributed by atoms with Gasteiger partial charge in [0.1, 0.15) is 11.5 Å². The van der Waals surface area contributed by atoms with E-state index >= 15 is 0 Å². The summed E-state index contributed by atoms with van der Waals surface area (Å²) >= 11 is 0. The van der Waals surface area contributed by atoms with Gasteiger partial charge in [-0.1, -0.05) is 25.5 Å². The van der Waals surface area contributed by atoms with E-state index in [1.807, 2.05) is 28.9 Å². The van der Waals surface area contributed by atoms with Crippen LogP contribution in [0.1, 0.15) is 37.2 Å². The Hall–Kier alpha value is -3.13. The first-order valence-corrected chi connectivity index (χ1v) is 11.2. The highest BCUT2D eigenvalue weighted by molar-refractivity contribution is 5.49. The molecule has 0 spiro atoms. The molecule has 0 aliphatic carbocycles. The first-order valence-electron chi connectivity index (χ1n) is 11.2. The fourth-order valence-electron chi connectivity index (χ4n) is 4.30. The first-order chi connectivity index (χ1) is 15.7. The van der Waals surface area contributed by atoms with Crippen molar-refractivity contribution < 1.29 is 9.47 Å². The summed E-state index contributed by atoms with van der Waals surface area (Å²) < 4.78 is 12.5. The number of piperazine rings is 1. The molecule has 0 bridgehead atoms. The molecule has 2 heterocycles. The third-order valence-corrected chi connectivity index (χ3v) is 6.10. The van der Waals surface area contributed by atoms with Crippen molar-refractivity contribution in [3.63, 3.8) is 0 Å². The molecule has 1 atom stereocenters. The Balaban J connectivity index is 1.44. The maximum absolute atomic E-state index is 5.28. The number of hydrogen-bond donors (Lipinski definition) is 0. The summed E-state index contributed by atoms with van der Waals surface area (Å²) in [6, 6.07) is 16.6. The molecule has 32 heavy (non-hydrogen) atoms. The second-order valence-electron chi connectivity index (χ2n) is 8.07. The summed E-state index contributed by atoms with van der Waals surface area (Å²) in [4.78, 5) is 4.96. The van der Waals surface area contributed by atoms with Crippen molar-refractivity contribution in [1.82, 2.24) is 25.1 Å². The van der Waals surface area contributed by atoms with Gasteiger partial charge in [-0.05, 0) is 58.8 Å². The predicted octanol–water partition coefficient (Wildman–Crippen LogP) is 3.40. The molecule has 1 unspecified atom stereocenters. The average molecular weight is 437 g/mol. The van der Waals surface area contributed by atoms with Crippen LogP contribution in [0, 0.1) is 0 Å². The molecule has 0 amide bonds. The number of hydrogen-bond acceptors (Lipinski definition) is 7. The standard InChI is InChI=1S/C24H32N6O2/c1-4-5-23(24-25-26-27-30(24)18-19-6-10-21(31-2)11-7-19)29-16-14-28(15-17-29)20-8-12-22(32-3)13-9-20/h6-13,23H,4-5,14-18H2,1-3H3. The molecular formula is C24H32N6O2. The minimum absolute atomic E-state index is 0.214. The molecule has 2 aromatic carbocycles. The van der Waals surface area contributed by atoms with Crippen LogP contribution in [-0.4, -0.2) is 65.5 Å². The zero-order chi connectivity index (χ0) is 22.3. The first kappa shape index (κ1) is 22.1. The zero-order valence-electron chi connectivity index (χ0n) is 19.1. The van der Waals surface area contributed by atoms with Crippen molar-refractivity contribution in [2.75, 3.05) is 45.3 Å². The Bertz CT molecular complexity index is 965. The SMILES string of the molecule is CCCC(c1nnnn1Cc1ccc(OC)cc1)N1CCN(c2ccc(OC)cc2)CC1. The minimum Gasteiger partial charge on any atom is -0.497 e. The van der Waals surface area contributed by atoms with Gasteiger partial charge in [-0.15, -0.1) is 5.10 Å². The number of benzene rings is 2. The van der Waals surface area contributed by atoms with E-state index in [0.29, 0.717) is 6.54 Å². The van der Waals surface area contributed by atoms with Crippen LogP contribution in [0.4, 0.5) is 5.69 Å². The Morgan fingerprint density at radius 1 is 0.875 bits per heavy atom. The molecule has 1 aromatic heterocycles. The number of rotatable bonds is 9. The van der Waals surface area contributed by atoms with E-state index in [0.717, 1.165) is 61.9 Å². The second-order valence-corrected chi connectivity index (χ2v) is 8.07. The van der Waals surface area contributed by atoms with Gasteiger partial charge in [0, 0.05) is 31.9 Å². The molecule has 3 aromatic rings. The van der Waals surface area contributed by atoms with E-state index in [9.17, 15) is 0 Å². The smallest absolute Gasteiger partial charge is 0.168 e. The molecule has 0 N–H and O–H groups in total. The van der Waals surface area contributed by atoms with Crippen LogP contribution >= 0.6 is 0 Å². The van der Waals surface area contributed by atoms with Crippen LogP contribution in [0.15, 0.2) is 48.5 Å². The lowest BCUT2D eigenvalue weighted by atomic mass is 10.1. The lowest BCUT2D eigenvalue weighted by Crippen LogP contribution is -2.48. The van der Waals surface area contributed by atoms with Gasteiger partial charge in [-0.2, -0.15) is 0 Å². The predicted molar refractivity (Wildman–Crippen MR) is 124 cm³/mol. The lowest BCUT2D eigenvalue weighted by molar-refractivity contribution is 0.164. The molecule has 0 saturated carbocycles. The molecule has 1 fully saturated rings.